The normalized spacial score (nSPS) is 19.3. The molecule has 7 nitrogen and oxygen atoms in total. The lowest BCUT2D eigenvalue weighted by atomic mass is 9.91. The average molecular weight is 330 g/mol. The number of aromatic nitrogens is 2. The van der Waals surface area contributed by atoms with E-state index in [1.54, 1.807) is 6.92 Å². The molecule has 1 aromatic rings. The molecule has 0 spiro atoms. The molecule has 0 unspecified atom stereocenters. The Bertz CT molecular complexity index is 573. The Kier molecular flexibility index (Phi) is 5.57. The van der Waals surface area contributed by atoms with Crippen molar-refractivity contribution in [2.24, 2.45) is 0 Å². The van der Waals surface area contributed by atoms with E-state index in [1.165, 1.54) is 4.31 Å². The Labute approximate surface area is 132 Å². The predicted octanol–water partition coefficient (Wildman–Crippen LogP) is 2.10. The molecule has 126 valence electrons. The third kappa shape index (κ3) is 3.67. The monoisotopic (exact) mass is 330 g/mol. The average Bonchev–Trinajstić information content (AvgIpc) is 2.77. The number of hydrogen-bond acceptors (Lipinski definition) is 5. The van der Waals surface area contributed by atoms with Crippen LogP contribution in [0.25, 0.3) is 0 Å². The van der Waals surface area contributed by atoms with E-state index in [0.29, 0.717) is 37.6 Å². The lowest BCUT2D eigenvalue weighted by molar-refractivity contribution is 0.291. The Hall–Kier alpha value is -0.990. The lowest BCUT2D eigenvalue weighted by Crippen LogP contribution is -2.52. The van der Waals surface area contributed by atoms with E-state index in [1.807, 2.05) is 13.8 Å². The standard InChI is InChI=1S/C14H26N4O3S/c1-4-18(5-2)22(19,20)17-14(10-8-6-7-9-11-14)13-15-12(3)21-16-13/h17H,4-11H2,1-3H3. The summed E-state index contributed by atoms with van der Waals surface area (Å²) in [6, 6.07) is 0. The van der Waals surface area contributed by atoms with Gasteiger partial charge in [-0.2, -0.15) is 22.4 Å². The fourth-order valence-corrected chi connectivity index (χ4v) is 4.67. The van der Waals surface area contributed by atoms with Gasteiger partial charge in [0.2, 0.25) is 5.89 Å². The summed E-state index contributed by atoms with van der Waals surface area (Å²) in [6.45, 7) is 6.27. The zero-order valence-corrected chi connectivity index (χ0v) is 14.4. The van der Waals surface area contributed by atoms with Crippen LogP contribution in [-0.2, 0) is 15.7 Å². The van der Waals surface area contributed by atoms with Crippen molar-refractivity contribution < 1.29 is 12.9 Å². The molecule has 1 aliphatic rings. The third-order valence-electron chi connectivity index (χ3n) is 4.28. The first kappa shape index (κ1) is 17.4. The smallest absolute Gasteiger partial charge is 0.280 e. The van der Waals surface area contributed by atoms with Gasteiger partial charge in [0.05, 0.1) is 5.54 Å². The van der Waals surface area contributed by atoms with Crippen LogP contribution < -0.4 is 4.72 Å². The fraction of sp³-hybridized carbons (Fsp3) is 0.857. The number of rotatable bonds is 6. The number of nitrogens with one attached hydrogen (secondary N) is 1. The molecule has 1 N–H and O–H groups in total. The summed E-state index contributed by atoms with van der Waals surface area (Å²) in [6.07, 6.45) is 5.51. The van der Waals surface area contributed by atoms with Crippen molar-refractivity contribution in [1.82, 2.24) is 19.2 Å². The molecule has 0 aromatic carbocycles. The zero-order chi connectivity index (χ0) is 16.2. The quantitative estimate of drug-likeness (QED) is 0.807. The maximum Gasteiger partial charge on any atom is 0.280 e. The first-order valence-corrected chi connectivity index (χ1v) is 9.47. The molecule has 0 bridgehead atoms. The van der Waals surface area contributed by atoms with Crippen molar-refractivity contribution in [3.8, 4) is 0 Å². The van der Waals surface area contributed by atoms with E-state index in [0.717, 1.165) is 25.7 Å². The van der Waals surface area contributed by atoms with Gasteiger partial charge in [0.25, 0.3) is 10.2 Å². The fourth-order valence-electron chi connectivity index (χ4n) is 3.07. The second-order valence-electron chi connectivity index (χ2n) is 5.82. The van der Waals surface area contributed by atoms with Crippen LogP contribution in [0.5, 0.6) is 0 Å². The molecule has 0 amide bonds. The van der Waals surface area contributed by atoms with Crippen LogP contribution in [-0.4, -0.2) is 36.0 Å². The molecule has 1 saturated carbocycles. The van der Waals surface area contributed by atoms with Crippen LogP contribution in [0.2, 0.25) is 0 Å². The number of hydrogen-bond donors (Lipinski definition) is 1. The first-order chi connectivity index (χ1) is 10.4. The molecular weight excluding hydrogens is 304 g/mol. The minimum Gasteiger partial charge on any atom is -0.340 e. The van der Waals surface area contributed by atoms with Gasteiger partial charge in [-0.1, -0.05) is 44.7 Å². The summed E-state index contributed by atoms with van der Waals surface area (Å²) in [5, 5.41) is 4.02. The van der Waals surface area contributed by atoms with Crippen molar-refractivity contribution in [3.63, 3.8) is 0 Å². The summed E-state index contributed by atoms with van der Waals surface area (Å²) in [5.41, 5.74) is -0.754. The molecule has 0 aliphatic heterocycles. The minimum atomic E-state index is -3.57. The van der Waals surface area contributed by atoms with Crippen LogP contribution >= 0.6 is 0 Å². The van der Waals surface area contributed by atoms with E-state index in [2.05, 4.69) is 14.9 Å². The van der Waals surface area contributed by atoms with Crippen molar-refractivity contribution in [2.75, 3.05) is 13.1 Å². The summed E-state index contributed by atoms with van der Waals surface area (Å²) >= 11 is 0. The number of nitrogens with zero attached hydrogens (tertiary/aromatic N) is 3. The van der Waals surface area contributed by atoms with Gasteiger partial charge in [0, 0.05) is 20.0 Å². The van der Waals surface area contributed by atoms with Crippen molar-refractivity contribution >= 4 is 10.2 Å². The van der Waals surface area contributed by atoms with E-state index < -0.39 is 15.7 Å². The molecule has 0 atom stereocenters. The molecule has 22 heavy (non-hydrogen) atoms. The van der Waals surface area contributed by atoms with Gasteiger partial charge >= 0.3 is 0 Å². The number of aryl methyl sites for hydroxylation is 1. The highest BCUT2D eigenvalue weighted by molar-refractivity contribution is 7.87. The van der Waals surface area contributed by atoms with E-state index in [9.17, 15) is 8.42 Å². The van der Waals surface area contributed by atoms with Gasteiger partial charge in [-0.3, -0.25) is 0 Å². The highest BCUT2D eigenvalue weighted by Gasteiger charge is 2.41. The van der Waals surface area contributed by atoms with Gasteiger partial charge in [0.1, 0.15) is 0 Å². The summed E-state index contributed by atoms with van der Waals surface area (Å²) in [5.74, 6) is 0.920. The van der Waals surface area contributed by atoms with Crippen molar-refractivity contribution in [1.29, 1.82) is 0 Å². The second-order valence-corrected chi connectivity index (χ2v) is 7.50. The Balaban J connectivity index is 2.36. The zero-order valence-electron chi connectivity index (χ0n) is 13.6. The van der Waals surface area contributed by atoms with E-state index in [-0.39, 0.29) is 0 Å². The highest BCUT2D eigenvalue weighted by atomic mass is 32.2. The van der Waals surface area contributed by atoms with Gasteiger partial charge in [0.15, 0.2) is 5.82 Å². The Morgan fingerprint density at radius 1 is 1.18 bits per heavy atom. The third-order valence-corrected chi connectivity index (χ3v) is 6.13. The van der Waals surface area contributed by atoms with E-state index in [4.69, 9.17) is 4.52 Å². The first-order valence-electron chi connectivity index (χ1n) is 8.03. The minimum absolute atomic E-state index is 0.438. The van der Waals surface area contributed by atoms with Gasteiger partial charge in [-0.15, -0.1) is 0 Å². The molecule has 1 fully saturated rings. The Morgan fingerprint density at radius 3 is 2.23 bits per heavy atom. The van der Waals surface area contributed by atoms with Crippen LogP contribution in [0.1, 0.15) is 64.1 Å². The van der Waals surface area contributed by atoms with Gasteiger partial charge in [-0.05, 0) is 12.8 Å². The molecule has 2 rings (SSSR count). The van der Waals surface area contributed by atoms with Gasteiger partial charge < -0.3 is 4.52 Å². The topological polar surface area (TPSA) is 88.3 Å². The van der Waals surface area contributed by atoms with Crippen LogP contribution in [0.3, 0.4) is 0 Å². The molecule has 0 saturated heterocycles. The van der Waals surface area contributed by atoms with Crippen LogP contribution in [0.15, 0.2) is 4.52 Å². The largest absolute Gasteiger partial charge is 0.340 e. The molecular formula is C14H26N4O3S. The summed E-state index contributed by atoms with van der Waals surface area (Å²) < 4.78 is 34.8. The molecule has 1 aromatic heterocycles. The molecule has 1 aliphatic carbocycles. The maximum absolute atomic E-state index is 12.7. The van der Waals surface area contributed by atoms with Crippen LogP contribution in [0.4, 0.5) is 0 Å². The second kappa shape index (κ2) is 7.06. The molecule has 0 radical (unpaired) electrons. The van der Waals surface area contributed by atoms with Crippen LogP contribution in [0, 0.1) is 6.92 Å². The summed E-state index contributed by atoms with van der Waals surface area (Å²) in [4.78, 5) is 4.32. The summed E-state index contributed by atoms with van der Waals surface area (Å²) in [7, 11) is -3.57. The van der Waals surface area contributed by atoms with Crippen molar-refractivity contribution in [3.05, 3.63) is 11.7 Å². The lowest BCUT2D eigenvalue weighted by Gasteiger charge is -2.32. The highest BCUT2D eigenvalue weighted by Crippen LogP contribution is 2.35. The SMILES string of the molecule is CCN(CC)S(=O)(=O)NC1(c2noc(C)n2)CCCCCC1. The molecule has 8 heteroatoms. The predicted molar refractivity (Wildman–Crippen MR) is 83.4 cm³/mol. The Morgan fingerprint density at radius 2 is 1.77 bits per heavy atom. The molecule has 1 heterocycles. The van der Waals surface area contributed by atoms with Gasteiger partial charge in [-0.25, -0.2) is 0 Å². The van der Waals surface area contributed by atoms with E-state index >= 15 is 0 Å². The maximum atomic E-state index is 12.7. The van der Waals surface area contributed by atoms with Crippen molar-refractivity contribution in [2.45, 2.75) is 64.8 Å².